The number of aromatic nitrogens is 2. The van der Waals surface area contributed by atoms with E-state index in [2.05, 4.69) is 10.3 Å². The van der Waals surface area contributed by atoms with E-state index in [0.717, 1.165) is 30.3 Å². The molecular formula is C18H26N4O3. The summed E-state index contributed by atoms with van der Waals surface area (Å²) in [5, 5.41) is 11.8. The number of carbonyl (C=O) groups excluding carboxylic acids is 1. The smallest absolute Gasteiger partial charge is 0.326 e. The van der Waals surface area contributed by atoms with Gasteiger partial charge in [0.25, 0.3) is 0 Å². The minimum Gasteiger partial charge on any atom is -0.396 e. The molecule has 0 saturated carbocycles. The van der Waals surface area contributed by atoms with Crippen LogP contribution in [0.2, 0.25) is 0 Å². The molecule has 136 valence electrons. The van der Waals surface area contributed by atoms with E-state index in [4.69, 9.17) is 5.11 Å². The number of hydrogen-bond donors (Lipinski definition) is 3. The van der Waals surface area contributed by atoms with Crippen molar-refractivity contribution in [2.24, 2.45) is 0 Å². The van der Waals surface area contributed by atoms with E-state index in [1.807, 2.05) is 40.7 Å². The van der Waals surface area contributed by atoms with Gasteiger partial charge in [-0.3, -0.25) is 4.57 Å². The molecule has 0 radical (unpaired) electrons. The first-order chi connectivity index (χ1) is 12.1. The van der Waals surface area contributed by atoms with Crippen molar-refractivity contribution in [1.82, 2.24) is 19.8 Å². The predicted molar refractivity (Wildman–Crippen MR) is 96.7 cm³/mol. The van der Waals surface area contributed by atoms with Gasteiger partial charge < -0.3 is 20.3 Å². The maximum atomic E-state index is 12.3. The molecule has 1 saturated heterocycles. The molecule has 1 aromatic heterocycles. The number of para-hydroxylation sites is 2. The van der Waals surface area contributed by atoms with Gasteiger partial charge in [0.1, 0.15) is 0 Å². The number of rotatable bonds is 5. The molecule has 7 heteroatoms. The minimum atomic E-state index is -0.0817. The SMILES string of the molecule is CC(CCCO)NC(=O)N1CCC(n2c(=O)[nH]c3ccccc32)CC1. The molecule has 0 spiro atoms. The summed E-state index contributed by atoms with van der Waals surface area (Å²) in [5.74, 6) is 0. The van der Waals surface area contributed by atoms with Gasteiger partial charge in [-0.05, 0) is 44.7 Å². The summed E-state index contributed by atoms with van der Waals surface area (Å²) < 4.78 is 1.83. The molecule has 1 aliphatic rings. The normalized spacial score (nSPS) is 17.0. The first-order valence-corrected chi connectivity index (χ1v) is 8.95. The third-order valence-electron chi connectivity index (χ3n) is 4.91. The van der Waals surface area contributed by atoms with E-state index in [-0.39, 0.29) is 30.4 Å². The Bertz CT molecular complexity index is 774. The Balaban J connectivity index is 1.61. The molecule has 7 nitrogen and oxygen atoms in total. The van der Waals surface area contributed by atoms with Crippen LogP contribution in [0.1, 0.15) is 38.6 Å². The Kier molecular flexibility index (Phi) is 5.43. The lowest BCUT2D eigenvalue weighted by Gasteiger charge is -2.33. The molecule has 1 atom stereocenters. The van der Waals surface area contributed by atoms with Crippen molar-refractivity contribution in [3.63, 3.8) is 0 Å². The zero-order valence-electron chi connectivity index (χ0n) is 14.6. The van der Waals surface area contributed by atoms with Crippen LogP contribution in [0.4, 0.5) is 4.79 Å². The van der Waals surface area contributed by atoms with Crippen molar-refractivity contribution < 1.29 is 9.90 Å². The lowest BCUT2D eigenvalue weighted by Crippen LogP contribution is -2.47. The number of urea groups is 1. The summed E-state index contributed by atoms with van der Waals surface area (Å²) in [4.78, 5) is 29.3. The lowest BCUT2D eigenvalue weighted by molar-refractivity contribution is 0.168. The second kappa shape index (κ2) is 7.74. The number of H-pyrrole nitrogens is 1. The number of amides is 2. The highest BCUT2D eigenvalue weighted by molar-refractivity contribution is 5.75. The van der Waals surface area contributed by atoms with Gasteiger partial charge in [-0.15, -0.1) is 0 Å². The molecule has 1 aliphatic heterocycles. The number of piperidine rings is 1. The molecule has 3 rings (SSSR count). The van der Waals surface area contributed by atoms with Crippen LogP contribution in [0.3, 0.4) is 0 Å². The highest BCUT2D eigenvalue weighted by Crippen LogP contribution is 2.24. The fourth-order valence-corrected chi connectivity index (χ4v) is 3.54. The molecule has 2 heterocycles. The van der Waals surface area contributed by atoms with Gasteiger partial charge in [0, 0.05) is 31.8 Å². The average molecular weight is 346 g/mol. The van der Waals surface area contributed by atoms with Crippen molar-refractivity contribution in [3.05, 3.63) is 34.7 Å². The van der Waals surface area contributed by atoms with Crippen molar-refractivity contribution in [2.75, 3.05) is 19.7 Å². The summed E-state index contributed by atoms with van der Waals surface area (Å²) >= 11 is 0. The van der Waals surface area contributed by atoms with Gasteiger partial charge in [-0.25, -0.2) is 9.59 Å². The quantitative estimate of drug-likeness (QED) is 0.771. The molecule has 1 aromatic carbocycles. The molecule has 0 aliphatic carbocycles. The number of aromatic amines is 1. The van der Waals surface area contributed by atoms with Gasteiger partial charge in [0.05, 0.1) is 11.0 Å². The highest BCUT2D eigenvalue weighted by Gasteiger charge is 2.26. The zero-order valence-corrected chi connectivity index (χ0v) is 14.6. The molecular weight excluding hydrogens is 320 g/mol. The third-order valence-corrected chi connectivity index (χ3v) is 4.91. The zero-order chi connectivity index (χ0) is 17.8. The monoisotopic (exact) mass is 346 g/mol. The molecule has 1 fully saturated rings. The first-order valence-electron chi connectivity index (χ1n) is 8.95. The van der Waals surface area contributed by atoms with Gasteiger partial charge in [-0.1, -0.05) is 12.1 Å². The van der Waals surface area contributed by atoms with Crippen molar-refractivity contribution in [2.45, 2.75) is 44.7 Å². The van der Waals surface area contributed by atoms with Crippen LogP contribution in [0, 0.1) is 0 Å². The van der Waals surface area contributed by atoms with Crippen LogP contribution < -0.4 is 11.0 Å². The number of carbonyl (C=O) groups is 1. The number of fused-ring (bicyclic) bond motifs is 1. The second-order valence-electron chi connectivity index (χ2n) is 6.75. The Morgan fingerprint density at radius 1 is 1.36 bits per heavy atom. The van der Waals surface area contributed by atoms with E-state index >= 15 is 0 Å². The third kappa shape index (κ3) is 3.87. The number of likely N-dealkylation sites (tertiary alicyclic amines) is 1. The number of nitrogens with one attached hydrogen (secondary N) is 2. The maximum Gasteiger partial charge on any atom is 0.326 e. The van der Waals surface area contributed by atoms with Gasteiger partial charge >= 0.3 is 11.7 Å². The summed E-state index contributed by atoms with van der Waals surface area (Å²) in [6, 6.07) is 7.80. The van der Waals surface area contributed by atoms with Crippen molar-refractivity contribution in [1.29, 1.82) is 0 Å². The fourth-order valence-electron chi connectivity index (χ4n) is 3.54. The lowest BCUT2D eigenvalue weighted by atomic mass is 10.0. The number of aliphatic hydroxyl groups is 1. The van der Waals surface area contributed by atoms with E-state index in [0.29, 0.717) is 19.5 Å². The average Bonchev–Trinajstić information content (AvgIpc) is 2.95. The topological polar surface area (TPSA) is 90.4 Å². The summed E-state index contributed by atoms with van der Waals surface area (Å²) in [6.07, 6.45) is 2.98. The second-order valence-corrected chi connectivity index (χ2v) is 6.75. The number of nitrogens with zero attached hydrogens (tertiary/aromatic N) is 2. The minimum absolute atomic E-state index is 0.0496. The van der Waals surface area contributed by atoms with E-state index in [1.54, 1.807) is 0 Å². The van der Waals surface area contributed by atoms with Crippen molar-refractivity contribution >= 4 is 17.1 Å². The Hall–Kier alpha value is -2.28. The summed E-state index contributed by atoms with van der Waals surface area (Å²) in [6.45, 7) is 3.36. The molecule has 2 aromatic rings. The molecule has 25 heavy (non-hydrogen) atoms. The highest BCUT2D eigenvalue weighted by atomic mass is 16.3. The number of aliphatic hydroxyl groups excluding tert-OH is 1. The van der Waals surface area contributed by atoms with E-state index in [9.17, 15) is 9.59 Å². The largest absolute Gasteiger partial charge is 0.396 e. The van der Waals surface area contributed by atoms with Crippen LogP contribution >= 0.6 is 0 Å². The first kappa shape index (κ1) is 17.5. The van der Waals surface area contributed by atoms with E-state index < -0.39 is 0 Å². The summed E-state index contributed by atoms with van der Waals surface area (Å²) in [7, 11) is 0. The van der Waals surface area contributed by atoms with E-state index in [1.165, 1.54) is 0 Å². The Morgan fingerprint density at radius 2 is 2.08 bits per heavy atom. The maximum absolute atomic E-state index is 12.3. The summed E-state index contributed by atoms with van der Waals surface area (Å²) in [5.41, 5.74) is 1.69. The number of imidazole rings is 1. The van der Waals surface area contributed by atoms with Gasteiger partial charge in [0.15, 0.2) is 0 Å². The number of hydrogen-bond acceptors (Lipinski definition) is 3. The molecule has 3 N–H and O–H groups in total. The predicted octanol–water partition coefficient (Wildman–Crippen LogP) is 1.84. The molecule has 2 amide bonds. The molecule has 0 bridgehead atoms. The van der Waals surface area contributed by atoms with Gasteiger partial charge in [-0.2, -0.15) is 0 Å². The number of benzene rings is 1. The Labute approximate surface area is 146 Å². The van der Waals surface area contributed by atoms with Crippen LogP contribution in [0.25, 0.3) is 11.0 Å². The molecule has 1 unspecified atom stereocenters. The van der Waals surface area contributed by atoms with Crippen molar-refractivity contribution in [3.8, 4) is 0 Å². The van der Waals surface area contributed by atoms with Crippen LogP contribution in [0.15, 0.2) is 29.1 Å². The van der Waals surface area contributed by atoms with Crippen LogP contribution in [0.5, 0.6) is 0 Å². The van der Waals surface area contributed by atoms with Crippen LogP contribution in [-0.2, 0) is 0 Å². The Morgan fingerprint density at radius 3 is 2.80 bits per heavy atom. The van der Waals surface area contributed by atoms with Crippen LogP contribution in [-0.4, -0.2) is 51.3 Å². The standard InChI is InChI=1S/C18H26N4O3/c1-13(5-4-12-23)19-17(24)21-10-8-14(9-11-21)22-16-7-3-2-6-15(16)20-18(22)25/h2-3,6-7,13-14,23H,4-5,8-12H2,1H3,(H,19,24)(H,20,25). The fraction of sp³-hybridized carbons (Fsp3) is 0.556. The van der Waals surface area contributed by atoms with Gasteiger partial charge in [0.2, 0.25) is 0 Å².